The molecule has 0 aromatic carbocycles. The molecule has 2 aliphatic rings. The summed E-state index contributed by atoms with van der Waals surface area (Å²) in [6.07, 6.45) is 8.01. The second-order valence-corrected chi connectivity index (χ2v) is 6.28. The third-order valence-electron chi connectivity index (χ3n) is 4.79. The van der Waals surface area contributed by atoms with Gasteiger partial charge in [-0.05, 0) is 38.0 Å². The van der Waals surface area contributed by atoms with E-state index < -0.39 is 5.97 Å². The van der Waals surface area contributed by atoms with Crippen LogP contribution < -0.4 is 0 Å². The van der Waals surface area contributed by atoms with E-state index in [0.29, 0.717) is 18.2 Å². The predicted octanol–water partition coefficient (Wildman–Crippen LogP) is 3.33. The summed E-state index contributed by atoms with van der Waals surface area (Å²) >= 11 is 0. The van der Waals surface area contributed by atoms with Crippen LogP contribution in [0.5, 0.6) is 0 Å². The van der Waals surface area contributed by atoms with E-state index in [2.05, 4.69) is 17.1 Å². The first kappa shape index (κ1) is 13.6. The normalized spacial score (nSPS) is 33.0. The molecule has 0 aliphatic heterocycles. The Hall–Kier alpha value is -1.39. The zero-order chi connectivity index (χ0) is 14.1. The summed E-state index contributed by atoms with van der Waals surface area (Å²) in [4.78, 5) is 15.3. The van der Waals surface area contributed by atoms with E-state index in [-0.39, 0.29) is 11.8 Å². The van der Waals surface area contributed by atoms with Gasteiger partial charge < -0.3 is 9.63 Å². The highest BCUT2D eigenvalue weighted by Gasteiger charge is 2.48. The molecular formula is C15H22N2O3. The highest BCUT2D eigenvalue weighted by Crippen LogP contribution is 2.47. The predicted molar refractivity (Wildman–Crippen MR) is 72.4 cm³/mol. The maximum Gasteiger partial charge on any atom is 0.307 e. The van der Waals surface area contributed by atoms with Gasteiger partial charge in [-0.2, -0.15) is 4.98 Å². The summed E-state index contributed by atoms with van der Waals surface area (Å²) in [5.74, 6) is 1.47. The minimum Gasteiger partial charge on any atom is -0.481 e. The van der Waals surface area contributed by atoms with Crippen molar-refractivity contribution >= 4 is 5.97 Å². The molecule has 2 fully saturated rings. The molecule has 1 heterocycles. The minimum atomic E-state index is -0.755. The average Bonchev–Trinajstić information content (AvgIpc) is 3.11. The van der Waals surface area contributed by atoms with E-state index in [0.717, 1.165) is 24.6 Å². The van der Waals surface area contributed by atoms with Crippen molar-refractivity contribution in [2.45, 2.75) is 63.7 Å². The van der Waals surface area contributed by atoms with Gasteiger partial charge in [-0.3, -0.25) is 4.79 Å². The van der Waals surface area contributed by atoms with E-state index in [1.54, 1.807) is 0 Å². The highest BCUT2D eigenvalue weighted by atomic mass is 16.5. The van der Waals surface area contributed by atoms with Crippen LogP contribution in [0.4, 0.5) is 0 Å². The van der Waals surface area contributed by atoms with Crippen LogP contribution in [0.15, 0.2) is 4.52 Å². The SMILES string of the molecule is CCCC1CCC(c2noc(C3CC3C(=O)O)n2)CC1. The van der Waals surface area contributed by atoms with Crippen LogP contribution in [0.1, 0.15) is 75.4 Å². The summed E-state index contributed by atoms with van der Waals surface area (Å²) in [5, 5.41) is 13.0. The van der Waals surface area contributed by atoms with Crippen LogP contribution in [0.3, 0.4) is 0 Å². The summed E-state index contributed by atoms with van der Waals surface area (Å²) in [6.45, 7) is 2.24. The lowest BCUT2D eigenvalue weighted by atomic mass is 9.80. The first-order valence-electron chi connectivity index (χ1n) is 7.75. The van der Waals surface area contributed by atoms with E-state index in [9.17, 15) is 4.79 Å². The number of rotatable bonds is 5. The molecule has 5 nitrogen and oxygen atoms in total. The number of carboxylic acid groups (broad SMARTS) is 1. The van der Waals surface area contributed by atoms with Crippen molar-refractivity contribution in [2.75, 3.05) is 0 Å². The topological polar surface area (TPSA) is 76.2 Å². The Labute approximate surface area is 118 Å². The Morgan fingerprint density at radius 3 is 2.70 bits per heavy atom. The molecule has 2 aliphatic carbocycles. The Bertz CT molecular complexity index is 477. The molecule has 0 amide bonds. The number of nitrogens with zero attached hydrogens (tertiary/aromatic N) is 2. The molecule has 1 aromatic heterocycles. The van der Waals surface area contributed by atoms with Crippen LogP contribution in [-0.2, 0) is 4.79 Å². The fourth-order valence-corrected chi connectivity index (χ4v) is 3.42. The lowest BCUT2D eigenvalue weighted by Crippen LogP contribution is -2.14. The lowest BCUT2D eigenvalue weighted by Gasteiger charge is -2.26. The molecular weight excluding hydrogens is 256 g/mol. The second-order valence-electron chi connectivity index (χ2n) is 6.28. The van der Waals surface area contributed by atoms with Gasteiger partial charge in [0.1, 0.15) is 0 Å². The second kappa shape index (κ2) is 5.54. The van der Waals surface area contributed by atoms with Gasteiger partial charge in [0.2, 0.25) is 5.89 Å². The van der Waals surface area contributed by atoms with Gasteiger partial charge in [-0.1, -0.05) is 24.9 Å². The average molecular weight is 278 g/mol. The van der Waals surface area contributed by atoms with E-state index >= 15 is 0 Å². The molecule has 110 valence electrons. The van der Waals surface area contributed by atoms with Crippen LogP contribution in [0.2, 0.25) is 0 Å². The van der Waals surface area contributed by atoms with Crippen molar-refractivity contribution in [1.82, 2.24) is 10.1 Å². The molecule has 5 heteroatoms. The molecule has 0 saturated heterocycles. The van der Waals surface area contributed by atoms with E-state index in [1.165, 1.54) is 25.7 Å². The fraction of sp³-hybridized carbons (Fsp3) is 0.800. The third-order valence-corrected chi connectivity index (χ3v) is 4.79. The van der Waals surface area contributed by atoms with Gasteiger partial charge in [0, 0.05) is 5.92 Å². The highest BCUT2D eigenvalue weighted by molar-refractivity contribution is 5.74. The zero-order valence-electron chi connectivity index (χ0n) is 11.9. The molecule has 20 heavy (non-hydrogen) atoms. The number of carboxylic acids is 1. The maximum absolute atomic E-state index is 10.9. The molecule has 1 N–H and O–H groups in total. The van der Waals surface area contributed by atoms with Gasteiger partial charge in [-0.25, -0.2) is 0 Å². The number of hydrogen-bond acceptors (Lipinski definition) is 4. The van der Waals surface area contributed by atoms with Crippen molar-refractivity contribution in [1.29, 1.82) is 0 Å². The largest absolute Gasteiger partial charge is 0.481 e. The van der Waals surface area contributed by atoms with Crippen molar-refractivity contribution in [3.8, 4) is 0 Å². The van der Waals surface area contributed by atoms with Crippen LogP contribution in [0, 0.1) is 11.8 Å². The minimum absolute atomic E-state index is 0.0508. The van der Waals surface area contributed by atoms with E-state index in [1.807, 2.05) is 0 Å². The standard InChI is InChI=1S/C15H22N2O3/c1-2-3-9-4-6-10(7-5-9)13-16-14(20-17-13)11-8-12(11)15(18)19/h9-12H,2-8H2,1H3,(H,18,19). The Kier molecular flexibility index (Phi) is 3.76. The van der Waals surface area contributed by atoms with Gasteiger partial charge in [-0.15, -0.1) is 0 Å². The quantitative estimate of drug-likeness (QED) is 0.894. The molecule has 2 unspecified atom stereocenters. The van der Waals surface area contributed by atoms with Crippen LogP contribution in [0.25, 0.3) is 0 Å². The third kappa shape index (κ3) is 2.72. The van der Waals surface area contributed by atoms with Gasteiger partial charge in [0.05, 0.1) is 11.8 Å². The van der Waals surface area contributed by atoms with Gasteiger partial charge in [0.25, 0.3) is 0 Å². The molecule has 0 spiro atoms. The van der Waals surface area contributed by atoms with Crippen molar-refractivity contribution in [3.63, 3.8) is 0 Å². The number of aliphatic carboxylic acids is 1. The molecule has 0 bridgehead atoms. The number of carbonyl (C=O) groups is 1. The number of aromatic nitrogens is 2. The first-order chi connectivity index (χ1) is 9.69. The summed E-state index contributed by atoms with van der Waals surface area (Å²) < 4.78 is 5.27. The summed E-state index contributed by atoms with van der Waals surface area (Å²) in [5.41, 5.74) is 0. The Morgan fingerprint density at radius 1 is 1.35 bits per heavy atom. The molecule has 2 saturated carbocycles. The Balaban J connectivity index is 1.57. The molecule has 0 radical (unpaired) electrons. The van der Waals surface area contributed by atoms with Gasteiger partial charge in [0.15, 0.2) is 5.82 Å². The Morgan fingerprint density at radius 2 is 2.10 bits per heavy atom. The first-order valence-corrected chi connectivity index (χ1v) is 7.75. The molecule has 2 atom stereocenters. The fourth-order valence-electron chi connectivity index (χ4n) is 3.42. The molecule has 3 rings (SSSR count). The van der Waals surface area contributed by atoms with Gasteiger partial charge >= 0.3 is 5.97 Å². The van der Waals surface area contributed by atoms with E-state index in [4.69, 9.17) is 9.63 Å². The van der Waals surface area contributed by atoms with Crippen molar-refractivity contribution in [2.24, 2.45) is 11.8 Å². The summed E-state index contributed by atoms with van der Waals surface area (Å²) in [6, 6.07) is 0. The van der Waals surface area contributed by atoms with Crippen molar-refractivity contribution in [3.05, 3.63) is 11.7 Å². The monoisotopic (exact) mass is 278 g/mol. The number of hydrogen-bond donors (Lipinski definition) is 1. The summed E-state index contributed by atoms with van der Waals surface area (Å²) in [7, 11) is 0. The van der Waals surface area contributed by atoms with Crippen LogP contribution in [-0.4, -0.2) is 21.2 Å². The smallest absolute Gasteiger partial charge is 0.307 e. The zero-order valence-corrected chi connectivity index (χ0v) is 11.9. The maximum atomic E-state index is 10.9. The molecule has 1 aromatic rings. The van der Waals surface area contributed by atoms with Crippen LogP contribution >= 0.6 is 0 Å². The lowest BCUT2D eigenvalue weighted by molar-refractivity contribution is -0.138. The van der Waals surface area contributed by atoms with Crippen molar-refractivity contribution < 1.29 is 14.4 Å².